The Hall–Kier alpha value is -2.15. The summed E-state index contributed by atoms with van der Waals surface area (Å²) >= 11 is 0. The van der Waals surface area contributed by atoms with E-state index in [0.717, 1.165) is 42.8 Å². The lowest BCUT2D eigenvalue weighted by Gasteiger charge is -2.27. The van der Waals surface area contributed by atoms with Crippen molar-refractivity contribution in [2.24, 2.45) is 11.8 Å². The quantitative estimate of drug-likeness (QED) is 0.867. The van der Waals surface area contributed by atoms with Crippen LogP contribution in [-0.2, 0) is 4.79 Å². The first kappa shape index (κ1) is 14.4. The van der Waals surface area contributed by atoms with Crippen molar-refractivity contribution in [3.8, 4) is 0 Å². The number of H-pyrrole nitrogens is 1. The summed E-state index contributed by atoms with van der Waals surface area (Å²) in [5, 5.41) is 10.1. The zero-order valence-electron chi connectivity index (χ0n) is 13.1. The number of aliphatic hydroxyl groups is 1. The second-order valence-corrected chi connectivity index (χ2v) is 6.65. The van der Waals surface area contributed by atoms with Gasteiger partial charge in [-0.15, -0.1) is 0 Å². The zero-order valence-corrected chi connectivity index (χ0v) is 13.1. The lowest BCUT2D eigenvalue weighted by Crippen LogP contribution is -2.35. The first-order valence-corrected chi connectivity index (χ1v) is 8.07. The van der Waals surface area contributed by atoms with Crippen molar-refractivity contribution in [2.75, 3.05) is 31.6 Å². The van der Waals surface area contributed by atoms with Crippen LogP contribution in [0, 0.1) is 11.8 Å². The molecule has 1 amide bonds. The standard InChI is InChI=1S/C16H21N5O2/c1-20(16-13-2-3-17-15(13)18-9-19-16)12-4-10-6-21(14(23)8-22)7-11(10)5-12/h2-3,9-12,22H,4-8H2,1H3,(H,17,18,19)/t10-,11+,12-. The fourth-order valence-corrected chi connectivity index (χ4v) is 4.20. The van der Waals surface area contributed by atoms with E-state index >= 15 is 0 Å². The van der Waals surface area contributed by atoms with Crippen molar-refractivity contribution in [3.05, 3.63) is 18.6 Å². The molecule has 1 aliphatic carbocycles. The zero-order chi connectivity index (χ0) is 16.0. The van der Waals surface area contributed by atoms with Gasteiger partial charge in [0.2, 0.25) is 5.91 Å². The van der Waals surface area contributed by atoms with Gasteiger partial charge in [0.1, 0.15) is 24.4 Å². The molecular weight excluding hydrogens is 294 g/mol. The van der Waals surface area contributed by atoms with E-state index in [1.54, 1.807) is 11.2 Å². The van der Waals surface area contributed by atoms with Gasteiger partial charge in [-0.25, -0.2) is 9.97 Å². The van der Waals surface area contributed by atoms with Gasteiger partial charge in [-0.1, -0.05) is 0 Å². The molecule has 3 atom stereocenters. The molecule has 3 heterocycles. The SMILES string of the molecule is CN(c1ncnc2[nH]ccc12)[C@@H]1C[C@@H]2CN(C(=O)CO)C[C@@H]2C1. The molecule has 2 aromatic heterocycles. The normalized spacial score (nSPS) is 26.7. The van der Waals surface area contributed by atoms with Gasteiger partial charge in [-0.3, -0.25) is 4.79 Å². The van der Waals surface area contributed by atoms with E-state index in [-0.39, 0.29) is 12.5 Å². The number of amides is 1. The Morgan fingerprint density at radius 1 is 1.39 bits per heavy atom. The van der Waals surface area contributed by atoms with Gasteiger partial charge < -0.3 is 19.9 Å². The molecule has 1 aliphatic heterocycles. The number of rotatable bonds is 3. The summed E-state index contributed by atoms with van der Waals surface area (Å²) in [7, 11) is 2.09. The van der Waals surface area contributed by atoms with Gasteiger partial charge in [-0.05, 0) is 30.7 Å². The molecule has 2 fully saturated rings. The van der Waals surface area contributed by atoms with Crippen LogP contribution >= 0.6 is 0 Å². The van der Waals surface area contributed by atoms with Crippen LogP contribution < -0.4 is 4.90 Å². The summed E-state index contributed by atoms with van der Waals surface area (Å²) in [6, 6.07) is 2.45. The molecule has 7 heteroatoms. The molecule has 1 saturated heterocycles. The largest absolute Gasteiger partial charge is 0.387 e. The van der Waals surface area contributed by atoms with Gasteiger partial charge in [-0.2, -0.15) is 0 Å². The van der Waals surface area contributed by atoms with E-state index in [2.05, 4.69) is 26.9 Å². The van der Waals surface area contributed by atoms with Crippen molar-refractivity contribution in [3.63, 3.8) is 0 Å². The van der Waals surface area contributed by atoms with Crippen molar-refractivity contribution in [1.82, 2.24) is 19.9 Å². The minimum absolute atomic E-state index is 0.144. The molecule has 7 nitrogen and oxygen atoms in total. The van der Waals surface area contributed by atoms with Gasteiger partial charge in [0.25, 0.3) is 0 Å². The van der Waals surface area contributed by atoms with Crippen LogP contribution in [0.3, 0.4) is 0 Å². The number of aliphatic hydroxyl groups excluding tert-OH is 1. The second-order valence-electron chi connectivity index (χ2n) is 6.65. The molecule has 1 saturated carbocycles. The summed E-state index contributed by atoms with van der Waals surface area (Å²) in [5.41, 5.74) is 0.861. The van der Waals surface area contributed by atoms with Crippen LogP contribution in [0.5, 0.6) is 0 Å². The summed E-state index contributed by atoms with van der Waals surface area (Å²) in [4.78, 5) is 27.5. The van der Waals surface area contributed by atoms with Crippen molar-refractivity contribution in [2.45, 2.75) is 18.9 Å². The first-order valence-electron chi connectivity index (χ1n) is 8.07. The van der Waals surface area contributed by atoms with Crippen LogP contribution in [-0.4, -0.2) is 63.7 Å². The summed E-state index contributed by atoms with van der Waals surface area (Å²) in [6.07, 6.45) is 5.61. The maximum Gasteiger partial charge on any atom is 0.248 e. The molecule has 0 bridgehead atoms. The van der Waals surface area contributed by atoms with Gasteiger partial charge in [0.05, 0.1) is 5.39 Å². The summed E-state index contributed by atoms with van der Waals surface area (Å²) < 4.78 is 0. The Morgan fingerprint density at radius 3 is 2.83 bits per heavy atom. The van der Waals surface area contributed by atoms with E-state index < -0.39 is 0 Å². The minimum Gasteiger partial charge on any atom is -0.387 e. The molecule has 0 radical (unpaired) electrons. The highest BCUT2D eigenvalue weighted by molar-refractivity contribution is 5.87. The Kier molecular flexibility index (Phi) is 3.45. The number of anilines is 1. The summed E-state index contributed by atoms with van der Waals surface area (Å²) in [6.45, 7) is 1.17. The lowest BCUT2D eigenvalue weighted by atomic mass is 10.0. The maximum absolute atomic E-state index is 11.6. The number of carbonyl (C=O) groups excluding carboxylic acids is 1. The predicted molar refractivity (Wildman–Crippen MR) is 86.0 cm³/mol. The number of nitrogens with one attached hydrogen (secondary N) is 1. The van der Waals surface area contributed by atoms with Crippen LogP contribution in [0.25, 0.3) is 11.0 Å². The maximum atomic E-state index is 11.6. The second kappa shape index (κ2) is 5.49. The van der Waals surface area contributed by atoms with Crippen LogP contribution in [0.1, 0.15) is 12.8 Å². The third-order valence-corrected chi connectivity index (χ3v) is 5.43. The number of aromatic nitrogens is 3. The van der Waals surface area contributed by atoms with Gasteiger partial charge in [0.15, 0.2) is 0 Å². The van der Waals surface area contributed by atoms with E-state index in [1.165, 1.54) is 0 Å². The molecule has 0 aromatic carbocycles. The molecule has 4 rings (SSSR count). The number of aromatic amines is 1. The third kappa shape index (κ3) is 2.35. The van der Waals surface area contributed by atoms with Gasteiger partial charge >= 0.3 is 0 Å². The summed E-state index contributed by atoms with van der Waals surface area (Å²) in [5.74, 6) is 1.88. The number of hydrogen-bond donors (Lipinski definition) is 2. The molecule has 2 N–H and O–H groups in total. The molecule has 2 aliphatic rings. The number of carbonyl (C=O) groups is 1. The van der Waals surface area contributed by atoms with E-state index in [4.69, 9.17) is 5.11 Å². The van der Waals surface area contributed by atoms with Crippen LogP contribution in [0.4, 0.5) is 5.82 Å². The predicted octanol–water partition coefficient (Wildman–Crippen LogP) is 0.623. The Bertz CT molecular complexity index is 716. The third-order valence-electron chi connectivity index (χ3n) is 5.43. The van der Waals surface area contributed by atoms with Crippen molar-refractivity contribution < 1.29 is 9.90 Å². The lowest BCUT2D eigenvalue weighted by molar-refractivity contribution is -0.133. The van der Waals surface area contributed by atoms with Crippen LogP contribution in [0.15, 0.2) is 18.6 Å². The topological polar surface area (TPSA) is 85.4 Å². The van der Waals surface area contributed by atoms with Crippen molar-refractivity contribution in [1.29, 1.82) is 0 Å². The van der Waals surface area contributed by atoms with Crippen LogP contribution in [0.2, 0.25) is 0 Å². The highest BCUT2D eigenvalue weighted by atomic mass is 16.3. The molecule has 23 heavy (non-hydrogen) atoms. The molecule has 2 aromatic rings. The number of likely N-dealkylation sites (tertiary alicyclic amines) is 1. The highest BCUT2D eigenvalue weighted by Crippen LogP contribution is 2.41. The monoisotopic (exact) mass is 315 g/mol. The molecule has 0 unspecified atom stereocenters. The molecule has 122 valence electrons. The van der Waals surface area contributed by atoms with Crippen molar-refractivity contribution >= 4 is 22.8 Å². The fraction of sp³-hybridized carbons (Fsp3) is 0.562. The average Bonchev–Trinajstić information content (AvgIpc) is 3.26. The Morgan fingerprint density at radius 2 is 2.13 bits per heavy atom. The molecular formula is C16H21N5O2. The Labute approximate surface area is 134 Å². The van der Waals surface area contributed by atoms with E-state index in [1.807, 2.05) is 12.3 Å². The Balaban J connectivity index is 1.49. The smallest absolute Gasteiger partial charge is 0.248 e. The average molecular weight is 315 g/mol. The van der Waals surface area contributed by atoms with E-state index in [9.17, 15) is 4.79 Å². The fourth-order valence-electron chi connectivity index (χ4n) is 4.20. The highest BCUT2D eigenvalue weighted by Gasteiger charge is 2.43. The first-order chi connectivity index (χ1) is 11.2. The molecule has 0 spiro atoms. The number of nitrogens with zero attached hydrogens (tertiary/aromatic N) is 4. The van der Waals surface area contributed by atoms with Gasteiger partial charge in [0, 0.05) is 32.4 Å². The number of fused-ring (bicyclic) bond motifs is 2. The number of hydrogen-bond acceptors (Lipinski definition) is 5. The van der Waals surface area contributed by atoms with E-state index in [0.29, 0.717) is 17.9 Å². The minimum atomic E-state index is -0.380.